The zero-order valence-corrected chi connectivity index (χ0v) is 30.7. The van der Waals surface area contributed by atoms with E-state index in [4.69, 9.17) is 25.7 Å². The Morgan fingerprint density at radius 2 is 1.83 bits per heavy atom. The maximum Gasteiger partial charge on any atom is 0.410 e. The Morgan fingerprint density at radius 3 is 2.53 bits per heavy atom. The number of oxazole rings is 1. The number of aromatic nitrogens is 3. The standard InChI is InChI=1S/C39H38ClN7O6/c1-21-25(8-6-9-26(21)36-44-29-15-22(14-24(16-41)33(29)52-36)17-46-13-12-23(18-46)37(49)50)27-10-7-11-28(32(27)40)43-35(48)34-42-30-19-47(20-31(30)45(34)5)38(51)53-39(2,3)4/h6-11,14-15,23H,12-13,17-20H2,1-5H3,(H,43,48)(H,49,50). The number of nitrogens with zero attached hydrogens (tertiary/aromatic N) is 6. The summed E-state index contributed by atoms with van der Waals surface area (Å²) in [6, 6.07) is 16.9. The van der Waals surface area contributed by atoms with Crippen molar-refractivity contribution in [1.29, 1.82) is 5.26 Å². The summed E-state index contributed by atoms with van der Waals surface area (Å²) in [5.74, 6) is -1.09. The van der Waals surface area contributed by atoms with Crippen LogP contribution in [0.1, 0.15) is 65.9 Å². The summed E-state index contributed by atoms with van der Waals surface area (Å²) in [5, 5.41) is 22.6. The van der Waals surface area contributed by atoms with Gasteiger partial charge in [-0.25, -0.2) is 14.8 Å². The highest BCUT2D eigenvalue weighted by molar-refractivity contribution is 6.36. The van der Waals surface area contributed by atoms with E-state index in [0.29, 0.717) is 76.1 Å². The largest absolute Gasteiger partial charge is 0.481 e. The van der Waals surface area contributed by atoms with Crippen molar-refractivity contribution >= 4 is 46.4 Å². The van der Waals surface area contributed by atoms with Crippen LogP contribution in [0.4, 0.5) is 10.5 Å². The average Bonchev–Trinajstić information content (AvgIpc) is 3.90. The first-order valence-electron chi connectivity index (χ1n) is 17.2. The molecule has 13 nitrogen and oxygen atoms in total. The van der Waals surface area contributed by atoms with Crippen LogP contribution in [0.2, 0.25) is 5.02 Å². The van der Waals surface area contributed by atoms with E-state index in [1.54, 1.807) is 34.7 Å². The van der Waals surface area contributed by atoms with E-state index in [2.05, 4.69) is 21.3 Å². The number of carbonyl (C=O) groups is 3. The van der Waals surface area contributed by atoms with Crippen LogP contribution in [0.15, 0.2) is 52.9 Å². The molecule has 272 valence electrons. The van der Waals surface area contributed by atoms with Crippen molar-refractivity contribution in [2.45, 2.75) is 59.4 Å². The highest BCUT2D eigenvalue weighted by Gasteiger charge is 2.33. The first-order chi connectivity index (χ1) is 25.2. The molecule has 2 aliphatic heterocycles. The Balaban J connectivity index is 1.12. The van der Waals surface area contributed by atoms with E-state index >= 15 is 0 Å². The van der Waals surface area contributed by atoms with Gasteiger partial charge in [0.25, 0.3) is 5.91 Å². The van der Waals surface area contributed by atoms with Crippen molar-refractivity contribution in [3.8, 4) is 28.7 Å². The highest BCUT2D eigenvalue weighted by atomic mass is 35.5. The molecule has 0 bridgehead atoms. The lowest BCUT2D eigenvalue weighted by Gasteiger charge is -2.24. The third-order valence-electron chi connectivity index (χ3n) is 9.63. The number of anilines is 1. The Labute approximate surface area is 310 Å². The third-order valence-corrected chi connectivity index (χ3v) is 10.0. The molecular formula is C39H38ClN7O6. The van der Waals surface area contributed by atoms with Gasteiger partial charge in [0.05, 0.1) is 46.7 Å². The number of imidazole rings is 1. The van der Waals surface area contributed by atoms with E-state index < -0.39 is 29.5 Å². The molecule has 1 fully saturated rings. The van der Waals surface area contributed by atoms with Crippen LogP contribution in [0.25, 0.3) is 33.7 Å². The minimum Gasteiger partial charge on any atom is -0.481 e. The van der Waals surface area contributed by atoms with Crippen LogP contribution in [0, 0.1) is 24.2 Å². The summed E-state index contributed by atoms with van der Waals surface area (Å²) in [5.41, 5.74) is 6.30. The van der Waals surface area contributed by atoms with Crippen molar-refractivity contribution in [3.63, 3.8) is 0 Å². The number of halogens is 1. The van der Waals surface area contributed by atoms with Gasteiger partial charge < -0.3 is 24.1 Å². The van der Waals surface area contributed by atoms with Crippen molar-refractivity contribution in [2.24, 2.45) is 13.0 Å². The molecule has 2 amide bonds. The van der Waals surface area contributed by atoms with Gasteiger partial charge in [-0.2, -0.15) is 5.26 Å². The van der Waals surface area contributed by atoms with Crippen LogP contribution in [-0.4, -0.2) is 66.1 Å². The maximum atomic E-state index is 13.5. The zero-order valence-electron chi connectivity index (χ0n) is 30.0. The van der Waals surface area contributed by atoms with Gasteiger partial charge in [0.1, 0.15) is 17.2 Å². The molecule has 0 radical (unpaired) electrons. The molecule has 1 saturated heterocycles. The van der Waals surface area contributed by atoms with Crippen LogP contribution in [0.3, 0.4) is 0 Å². The summed E-state index contributed by atoms with van der Waals surface area (Å²) in [6.45, 7) is 9.51. The maximum absolute atomic E-state index is 13.5. The summed E-state index contributed by atoms with van der Waals surface area (Å²) in [6.07, 6.45) is 0.156. The zero-order chi connectivity index (χ0) is 37.8. The van der Waals surface area contributed by atoms with Gasteiger partial charge in [-0.15, -0.1) is 0 Å². The predicted octanol–water partition coefficient (Wildman–Crippen LogP) is 7.14. The molecule has 1 unspecified atom stereocenters. The van der Waals surface area contributed by atoms with Crippen LogP contribution < -0.4 is 5.32 Å². The molecule has 0 spiro atoms. The second kappa shape index (κ2) is 13.7. The molecular weight excluding hydrogens is 698 g/mol. The number of amides is 2. The van der Waals surface area contributed by atoms with Gasteiger partial charge in [0, 0.05) is 31.3 Å². The Bertz CT molecular complexity index is 2350. The Kier molecular flexibility index (Phi) is 9.21. The van der Waals surface area contributed by atoms with Gasteiger partial charge in [-0.05, 0) is 81.6 Å². The molecule has 2 N–H and O–H groups in total. The SMILES string of the molecule is Cc1c(-c2nc3cc(CN4CCC(C(=O)O)C4)cc(C#N)c3o2)cccc1-c1cccc(NC(=O)c2nc3c(n2C)CN(C(=O)OC(C)(C)C)C3)c1Cl. The van der Waals surface area contributed by atoms with Crippen LogP contribution in [0.5, 0.6) is 0 Å². The van der Waals surface area contributed by atoms with Gasteiger partial charge in [0.15, 0.2) is 11.4 Å². The number of fused-ring (bicyclic) bond motifs is 2. The van der Waals surface area contributed by atoms with Gasteiger partial charge >= 0.3 is 12.1 Å². The first-order valence-corrected chi connectivity index (χ1v) is 17.6. The number of hydrogen-bond acceptors (Lipinski definition) is 9. The number of hydrogen-bond donors (Lipinski definition) is 2. The highest BCUT2D eigenvalue weighted by Crippen LogP contribution is 2.39. The van der Waals surface area contributed by atoms with E-state index in [9.17, 15) is 24.8 Å². The molecule has 2 aliphatic rings. The average molecular weight is 736 g/mol. The number of ether oxygens (including phenoxy) is 1. The number of likely N-dealkylation sites (tertiary alicyclic amines) is 1. The molecule has 4 heterocycles. The lowest BCUT2D eigenvalue weighted by molar-refractivity contribution is -0.141. The fourth-order valence-electron chi connectivity index (χ4n) is 6.98. The topological polar surface area (TPSA) is 167 Å². The number of rotatable bonds is 7. The van der Waals surface area contributed by atoms with Crippen molar-refractivity contribution in [2.75, 3.05) is 18.4 Å². The lowest BCUT2D eigenvalue weighted by atomic mass is 9.96. The van der Waals surface area contributed by atoms with Crippen molar-refractivity contribution in [1.82, 2.24) is 24.3 Å². The molecule has 0 aliphatic carbocycles. The molecule has 0 saturated carbocycles. The van der Waals surface area contributed by atoms with Crippen LogP contribution in [-0.2, 0) is 36.2 Å². The van der Waals surface area contributed by atoms with Gasteiger partial charge in [0.2, 0.25) is 5.89 Å². The Morgan fingerprint density at radius 1 is 1.09 bits per heavy atom. The van der Waals surface area contributed by atoms with E-state index in [1.165, 1.54) is 0 Å². The number of aliphatic carboxylic acids is 1. The van der Waals surface area contributed by atoms with Crippen molar-refractivity contribution < 1.29 is 28.6 Å². The number of nitrogens with one attached hydrogen (secondary N) is 1. The van der Waals surface area contributed by atoms with Gasteiger partial charge in [-0.1, -0.05) is 35.9 Å². The quantitative estimate of drug-likeness (QED) is 0.175. The molecule has 1 atom stereocenters. The minimum absolute atomic E-state index is 0.194. The molecule has 53 heavy (non-hydrogen) atoms. The summed E-state index contributed by atoms with van der Waals surface area (Å²) in [4.78, 5) is 50.5. The lowest BCUT2D eigenvalue weighted by Crippen LogP contribution is -2.34. The fraction of sp³-hybridized carbons (Fsp3) is 0.333. The number of carboxylic acids is 1. The second-order valence-electron chi connectivity index (χ2n) is 14.5. The summed E-state index contributed by atoms with van der Waals surface area (Å²) < 4.78 is 13.4. The third kappa shape index (κ3) is 6.95. The first kappa shape index (κ1) is 35.7. The number of carboxylic acid groups (broad SMARTS) is 1. The van der Waals surface area contributed by atoms with Crippen molar-refractivity contribution in [3.05, 3.63) is 87.5 Å². The normalized spacial score (nSPS) is 15.8. The minimum atomic E-state index is -0.792. The Hall–Kier alpha value is -5.71. The fourth-order valence-corrected chi connectivity index (χ4v) is 7.25. The molecule has 5 aromatic rings. The smallest absolute Gasteiger partial charge is 0.410 e. The van der Waals surface area contributed by atoms with E-state index in [0.717, 1.165) is 22.4 Å². The van der Waals surface area contributed by atoms with E-state index in [-0.39, 0.29) is 18.9 Å². The molecule has 2 aromatic heterocycles. The second-order valence-corrected chi connectivity index (χ2v) is 14.9. The monoisotopic (exact) mass is 735 g/mol. The molecule has 7 rings (SSSR count). The predicted molar refractivity (Wildman–Crippen MR) is 197 cm³/mol. The number of nitriles is 1. The number of carbonyl (C=O) groups excluding carboxylic acids is 2. The van der Waals surface area contributed by atoms with E-state index in [1.807, 2.05) is 58.0 Å². The summed E-state index contributed by atoms with van der Waals surface area (Å²) >= 11 is 6.97. The summed E-state index contributed by atoms with van der Waals surface area (Å²) in [7, 11) is 1.74. The number of benzene rings is 3. The van der Waals surface area contributed by atoms with Crippen LogP contribution >= 0.6 is 11.6 Å². The van der Waals surface area contributed by atoms with Gasteiger partial charge in [-0.3, -0.25) is 19.4 Å². The molecule has 14 heteroatoms. The molecule has 3 aromatic carbocycles.